The molecule has 0 aliphatic carbocycles. The molecule has 2 aromatic rings. The van der Waals surface area contributed by atoms with Crippen molar-refractivity contribution in [1.29, 1.82) is 0 Å². The Morgan fingerprint density at radius 3 is 2.35 bits per heavy atom. The maximum Gasteiger partial charge on any atom is 0.244 e. The molecule has 2 amide bonds. The molecule has 0 saturated carbocycles. The lowest BCUT2D eigenvalue weighted by atomic mass is 10.1. The predicted molar refractivity (Wildman–Crippen MR) is 99.9 cm³/mol. The van der Waals surface area contributed by atoms with Crippen molar-refractivity contribution in [2.75, 3.05) is 23.6 Å². The van der Waals surface area contributed by atoms with E-state index in [1.807, 2.05) is 32.9 Å². The maximum atomic E-state index is 12.6. The number of carbonyl (C=O) groups excluding carboxylic acids is 2. The molecule has 6 nitrogen and oxygen atoms in total. The quantitative estimate of drug-likeness (QED) is 0.914. The second-order valence-corrected chi connectivity index (χ2v) is 6.46. The van der Waals surface area contributed by atoms with Crippen LogP contribution in [0.15, 0.2) is 30.3 Å². The molecule has 1 aliphatic rings. The van der Waals surface area contributed by atoms with Gasteiger partial charge in [-0.15, -0.1) is 0 Å². The van der Waals surface area contributed by atoms with Gasteiger partial charge in [0.25, 0.3) is 0 Å². The molecule has 0 aromatic heterocycles. The topological polar surface area (TPSA) is 67.9 Å². The Labute approximate surface area is 152 Å². The fraction of sp³-hybridized carbons (Fsp3) is 0.300. The van der Waals surface area contributed by atoms with Crippen molar-refractivity contribution < 1.29 is 19.1 Å². The zero-order valence-corrected chi connectivity index (χ0v) is 15.4. The molecule has 1 N–H and O–H groups in total. The molecule has 0 saturated heterocycles. The van der Waals surface area contributed by atoms with Crippen molar-refractivity contribution in [3.8, 4) is 11.5 Å². The zero-order valence-electron chi connectivity index (χ0n) is 15.4. The van der Waals surface area contributed by atoms with Crippen LogP contribution in [-0.2, 0) is 9.59 Å². The van der Waals surface area contributed by atoms with Crippen LogP contribution in [0.4, 0.5) is 11.4 Å². The first-order valence-corrected chi connectivity index (χ1v) is 8.40. The van der Waals surface area contributed by atoms with E-state index in [0.29, 0.717) is 17.2 Å². The highest BCUT2D eigenvalue weighted by Crippen LogP contribution is 2.35. The van der Waals surface area contributed by atoms with Gasteiger partial charge in [-0.25, -0.2) is 0 Å². The first-order valence-electron chi connectivity index (χ1n) is 8.40. The van der Waals surface area contributed by atoms with Crippen LogP contribution in [0.1, 0.15) is 23.6 Å². The molecule has 0 unspecified atom stereocenters. The number of ether oxygens (including phenoxy) is 2. The van der Waals surface area contributed by atoms with Crippen molar-refractivity contribution in [2.24, 2.45) is 0 Å². The van der Waals surface area contributed by atoms with Crippen LogP contribution < -0.4 is 19.7 Å². The van der Waals surface area contributed by atoms with Crippen LogP contribution in [0.5, 0.6) is 11.5 Å². The first-order chi connectivity index (χ1) is 12.3. The Bertz CT molecular complexity index is 853. The Morgan fingerprint density at radius 1 is 1.04 bits per heavy atom. The lowest BCUT2D eigenvalue weighted by molar-refractivity contribution is -0.120. The highest BCUT2D eigenvalue weighted by molar-refractivity contribution is 6.02. The van der Waals surface area contributed by atoms with Gasteiger partial charge in [-0.1, -0.05) is 17.7 Å². The van der Waals surface area contributed by atoms with Gasteiger partial charge in [-0.2, -0.15) is 0 Å². The third-order valence-corrected chi connectivity index (χ3v) is 4.29. The fourth-order valence-electron chi connectivity index (χ4n) is 3.14. The van der Waals surface area contributed by atoms with Gasteiger partial charge < -0.3 is 19.7 Å². The normalized spacial score (nSPS) is 12.0. The minimum Gasteiger partial charge on any atom is -0.454 e. The molecular formula is C20H22N2O4. The summed E-state index contributed by atoms with van der Waals surface area (Å²) in [7, 11) is 0. The van der Waals surface area contributed by atoms with E-state index in [1.165, 1.54) is 11.8 Å². The van der Waals surface area contributed by atoms with Gasteiger partial charge >= 0.3 is 0 Å². The maximum absolute atomic E-state index is 12.6. The van der Waals surface area contributed by atoms with E-state index in [0.717, 1.165) is 22.4 Å². The number of amides is 2. The third-order valence-electron chi connectivity index (χ3n) is 4.29. The van der Waals surface area contributed by atoms with Crippen molar-refractivity contribution in [1.82, 2.24) is 0 Å². The largest absolute Gasteiger partial charge is 0.454 e. The van der Waals surface area contributed by atoms with E-state index in [2.05, 4.69) is 5.32 Å². The van der Waals surface area contributed by atoms with Crippen molar-refractivity contribution in [3.05, 3.63) is 47.0 Å². The van der Waals surface area contributed by atoms with Crippen LogP contribution in [0.2, 0.25) is 0 Å². The molecule has 6 heteroatoms. The molecule has 2 aromatic carbocycles. The van der Waals surface area contributed by atoms with Crippen LogP contribution in [0, 0.1) is 20.8 Å². The van der Waals surface area contributed by atoms with E-state index in [-0.39, 0.29) is 25.2 Å². The van der Waals surface area contributed by atoms with Gasteiger partial charge in [-0.3, -0.25) is 9.59 Å². The number of fused-ring (bicyclic) bond motifs is 1. The van der Waals surface area contributed by atoms with Crippen molar-refractivity contribution in [2.45, 2.75) is 27.7 Å². The van der Waals surface area contributed by atoms with Crippen molar-refractivity contribution in [3.63, 3.8) is 0 Å². The lowest BCUT2D eigenvalue weighted by Crippen LogP contribution is -2.36. The standard InChI is InChI=1S/C20H22N2O4/c1-12-7-13(2)20(14(3)8-12)21-19(24)10-22(15(4)23)16-5-6-17-18(9-16)26-11-25-17/h5-9H,10-11H2,1-4H3,(H,21,24). The monoisotopic (exact) mass is 354 g/mol. The Hall–Kier alpha value is -3.02. The summed E-state index contributed by atoms with van der Waals surface area (Å²) in [6, 6.07) is 9.22. The number of nitrogens with one attached hydrogen (secondary N) is 1. The van der Waals surface area contributed by atoms with E-state index >= 15 is 0 Å². The summed E-state index contributed by atoms with van der Waals surface area (Å²) in [5, 5.41) is 2.92. The minimum absolute atomic E-state index is 0.0816. The predicted octanol–water partition coefficient (Wildman–Crippen LogP) is 3.33. The molecule has 26 heavy (non-hydrogen) atoms. The summed E-state index contributed by atoms with van der Waals surface area (Å²) in [6.45, 7) is 7.43. The lowest BCUT2D eigenvalue weighted by Gasteiger charge is -2.22. The Kier molecular flexibility index (Phi) is 4.84. The Morgan fingerprint density at radius 2 is 1.69 bits per heavy atom. The molecule has 0 bridgehead atoms. The number of benzene rings is 2. The van der Waals surface area contributed by atoms with Gasteiger partial charge in [0.05, 0.1) is 0 Å². The van der Waals surface area contributed by atoms with Crippen LogP contribution in [-0.4, -0.2) is 25.2 Å². The van der Waals surface area contributed by atoms with Gasteiger partial charge in [0.2, 0.25) is 18.6 Å². The van der Waals surface area contributed by atoms with Crippen LogP contribution in [0.3, 0.4) is 0 Å². The van der Waals surface area contributed by atoms with E-state index < -0.39 is 0 Å². The molecule has 1 heterocycles. The number of carbonyl (C=O) groups is 2. The van der Waals surface area contributed by atoms with E-state index in [9.17, 15) is 9.59 Å². The number of anilines is 2. The van der Waals surface area contributed by atoms with Gasteiger partial charge in [0.15, 0.2) is 11.5 Å². The summed E-state index contributed by atoms with van der Waals surface area (Å²) >= 11 is 0. The first kappa shape index (κ1) is 17.8. The average Bonchev–Trinajstić information content (AvgIpc) is 3.03. The number of hydrogen-bond donors (Lipinski definition) is 1. The van der Waals surface area contributed by atoms with Gasteiger partial charge in [0, 0.05) is 24.4 Å². The highest BCUT2D eigenvalue weighted by atomic mass is 16.7. The summed E-state index contributed by atoms with van der Waals surface area (Å²) in [5.41, 5.74) is 4.51. The smallest absolute Gasteiger partial charge is 0.244 e. The number of hydrogen-bond acceptors (Lipinski definition) is 4. The summed E-state index contributed by atoms with van der Waals surface area (Å²) in [5.74, 6) is 0.719. The molecule has 1 aliphatic heterocycles. The number of nitrogens with zero attached hydrogens (tertiary/aromatic N) is 1. The number of rotatable bonds is 4. The molecule has 0 radical (unpaired) electrons. The van der Waals surface area contributed by atoms with Gasteiger partial charge in [-0.05, 0) is 44.0 Å². The molecule has 0 atom stereocenters. The molecule has 136 valence electrons. The fourth-order valence-corrected chi connectivity index (χ4v) is 3.14. The molecule has 0 fully saturated rings. The summed E-state index contributed by atoms with van der Waals surface area (Å²) < 4.78 is 10.6. The molecular weight excluding hydrogens is 332 g/mol. The highest BCUT2D eigenvalue weighted by Gasteiger charge is 2.21. The van der Waals surface area contributed by atoms with Crippen molar-refractivity contribution >= 4 is 23.2 Å². The zero-order chi connectivity index (χ0) is 18.8. The Balaban J connectivity index is 1.78. The summed E-state index contributed by atoms with van der Waals surface area (Å²) in [6.07, 6.45) is 0. The minimum atomic E-state index is -0.257. The molecule has 3 rings (SSSR count). The van der Waals surface area contributed by atoms with Crippen LogP contribution in [0.25, 0.3) is 0 Å². The molecule has 0 spiro atoms. The third kappa shape index (κ3) is 3.64. The second-order valence-electron chi connectivity index (χ2n) is 6.46. The number of aryl methyl sites for hydroxylation is 3. The second kappa shape index (κ2) is 7.07. The summed E-state index contributed by atoms with van der Waals surface area (Å²) in [4.78, 5) is 26.1. The van der Waals surface area contributed by atoms with E-state index in [1.54, 1.807) is 18.2 Å². The average molecular weight is 354 g/mol. The SMILES string of the molecule is CC(=O)N(CC(=O)Nc1c(C)cc(C)cc1C)c1ccc2c(c1)OCO2. The van der Waals surface area contributed by atoms with E-state index in [4.69, 9.17) is 9.47 Å². The van der Waals surface area contributed by atoms with Gasteiger partial charge in [0.1, 0.15) is 6.54 Å². The van der Waals surface area contributed by atoms with Crippen LogP contribution >= 0.6 is 0 Å².